The lowest BCUT2D eigenvalue weighted by Gasteiger charge is -2.20. The fourth-order valence-corrected chi connectivity index (χ4v) is 4.41. The summed E-state index contributed by atoms with van der Waals surface area (Å²) in [4.78, 5) is 9.61. The van der Waals surface area contributed by atoms with Crippen LogP contribution >= 0.6 is 23.2 Å². The molecule has 0 aliphatic carbocycles. The zero-order valence-electron chi connectivity index (χ0n) is 17.0. The predicted molar refractivity (Wildman–Crippen MR) is 120 cm³/mol. The van der Waals surface area contributed by atoms with Crippen LogP contribution in [0.2, 0.25) is 10.0 Å². The average molecular weight is 481 g/mol. The zero-order chi connectivity index (χ0) is 22.7. The second-order valence-corrected chi connectivity index (χ2v) is 8.70. The monoisotopic (exact) mass is 480 g/mol. The Morgan fingerprint density at radius 1 is 0.969 bits per heavy atom. The van der Waals surface area contributed by atoms with Gasteiger partial charge in [-0.05, 0) is 29.2 Å². The summed E-state index contributed by atoms with van der Waals surface area (Å²) in [7, 11) is 0. The van der Waals surface area contributed by atoms with E-state index >= 15 is 0 Å². The lowest BCUT2D eigenvalue weighted by Crippen LogP contribution is -2.23. The van der Waals surface area contributed by atoms with Crippen molar-refractivity contribution in [1.29, 1.82) is 0 Å². The first-order valence-corrected chi connectivity index (χ1v) is 10.9. The summed E-state index contributed by atoms with van der Waals surface area (Å²) < 4.78 is 38.9. The third-order valence-electron chi connectivity index (χ3n) is 5.64. The van der Waals surface area contributed by atoms with E-state index in [1.807, 2.05) is 30.3 Å². The molecule has 0 saturated carbocycles. The molecule has 32 heavy (non-hydrogen) atoms. The van der Waals surface area contributed by atoms with E-state index in [1.165, 1.54) is 5.56 Å². The van der Waals surface area contributed by atoms with Gasteiger partial charge in [-0.25, -0.2) is 9.97 Å². The van der Waals surface area contributed by atoms with Crippen molar-refractivity contribution in [1.82, 2.24) is 14.9 Å². The van der Waals surface area contributed by atoms with Gasteiger partial charge in [0.1, 0.15) is 17.8 Å². The Labute approximate surface area is 194 Å². The number of nitrogens with one attached hydrogen (secondary N) is 1. The van der Waals surface area contributed by atoms with Gasteiger partial charge in [-0.2, -0.15) is 13.2 Å². The Hall–Kier alpha value is -2.35. The zero-order valence-corrected chi connectivity index (χ0v) is 18.5. The first-order valence-electron chi connectivity index (χ1n) is 10.1. The molecule has 4 nitrogen and oxygen atoms in total. The van der Waals surface area contributed by atoms with Gasteiger partial charge in [0.05, 0.1) is 10.0 Å². The van der Waals surface area contributed by atoms with Crippen LogP contribution in [0.3, 0.4) is 0 Å². The molecule has 1 aliphatic rings. The Morgan fingerprint density at radius 2 is 1.75 bits per heavy atom. The van der Waals surface area contributed by atoms with Crippen LogP contribution in [-0.4, -0.2) is 34.5 Å². The minimum absolute atomic E-state index is 0.139. The molecule has 9 heteroatoms. The van der Waals surface area contributed by atoms with Crippen LogP contribution in [0.1, 0.15) is 22.7 Å². The maximum Gasteiger partial charge on any atom is 0.433 e. The summed E-state index contributed by atoms with van der Waals surface area (Å²) >= 11 is 12.3. The van der Waals surface area contributed by atoms with Crippen LogP contribution in [-0.2, 0) is 12.7 Å². The van der Waals surface area contributed by atoms with Gasteiger partial charge < -0.3 is 5.32 Å². The van der Waals surface area contributed by atoms with E-state index in [9.17, 15) is 13.2 Å². The third-order valence-corrected chi connectivity index (χ3v) is 6.38. The van der Waals surface area contributed by atoms with E-state index in [-0.39, 0.29) is 17.7 Å². The minimum atomic E-state index is -4.51. The van der Waals surface area contributed by atoms with Gasteiger partial charge in [0.15, 0.2) is 0 Å². The number of hydrogen-bond donors (Lipinski definition) is 1. The molecule has 1 fully saturated rings. The minimum Gasteiger partial charge on any atom is -0.370 e. The molecule has 0 bridgehead atoms. The fourth-order valence-electron chi connectivity index (χ4n) is 4.10. The number of rotatable bonds is 6. The maximum atomic E-state index is 13.0. The molecule has 4 rings (SSSR count). The van der Waals surface area contributed by atoms with Crippen LogP contribution in [0.4, 0.5) is 19.0 Å². The molecule has 0 spiro atoms. The molecule has 168 valence electrons. The van der Waals surface area contributed by atoms with Crippen LogP contribution in [0, 0.1) is 5.92 Å². The second kappa shape index (κ2) is 9.65. The smallest absolute Gasteiger partial charge is 0.370 e. The molecular weight excluding hydrogens is 460 g/mol. The van der Waals surface area contributed by atoms with Gasteiger partial charge >= 0.3 is 6.18 Å². The summed E-state index contributed by atoms with van der Waals surface area (Å²) in [6.07, 6.45) is -3.58. The van der Waals surface area contributed by atoms with Crippen molar-refractivity contribution in [2.45, 2.75) is 18.6 Å². The Bertz CT molecular complexity index is 1060. The van der Waals surface area contributed by atoms with E-state index in [1.54, 1.807) is 6.07 Å². The van der Waals surface area contributed by atoms with Crippen LogP contribution in [0.25, 0.3) is 0 Å². The Kier molecular flexibility index (Phi) is 6.88. The molecule has 0 amide bonds. The van der Waals surface area contributed by atoms with Crippen molar-refractivity contribution >= 4 is 29.0 Å². The number of nitrogens with zero attached hydrogens (tertiary/aromatic N) is 3. The Balaban J connectivity index is 1.52. The molecule has 0 radical (unpaired) electrons. The quantitative estimate of drug-likeness (QED) is 0.460. The lowest BCUT2D eigenvalue weighted by atomic mass is 9.89. The third kappa shape index (κ3) is 5.52. The molecule has 2 heterocycles. The predicted octanol–water partition coefficient (Wildman–Crippen LogP) is 6.13. The normalized spacial score (nSPS) is 19.3. The molecule has 1 aromatic heterocycles. The highest BCUT2D eigenvalue weighted by Gasteiger charge is 2.35. The number of benzene rings is 2. The number of likely N-dealkylation sites (tertiary alicyclic amines) is 1. The SMILES string of the molecule is FC(F)(F)c1cc(NCC2CN(Cc3ccccc3)CC2c2ccc(Cl)c(Cl)c2)ncn1. The van der Waals surface area contributed by atoms with Crippen molar-refractivity contribution in [3.8, 4) is 0 Å². The van der Waals surface area contributed by atoms with Crippen molar-refractivity contribution in [3.63, 3.8) is 0 Å². The summed E-state index contributed by atoms with van der Waals surface area (Å²) in [5.41, 5.74) is 1.30. The standard InChI is InChI=1S/C23H21Cl2F3N4/c24-19-7-6-16(8-20(19)25)18-13-32(11-15-4-2-1-3-5-15)12-17(18)10-29-22-9-21(23(26,27)28)30-14-31-22/h1-9,14,17-18H,10-13H2,(H,29,30,31). The van der Waals surface area contributed by atoms with Crippen molar-refractivity contribution < 1.29 is 13.2 Å². The van der Waals surface area contributed by atoms with Crippen molar-refractivity contribution in [3.05, 3.63) is 87.8 Å². The number of anilines is 1. The van der Waals surface area contributed by atoms with Gasteiger partial charge in [0, 0.05) is 38.2 Å². The molecule has 2 unspecified atom stereocenters. The average Bonchev–Trinajstić information content (AvgIpc) is 3.17. The summed E-state index contributed by atoms with van der Waals surface area (Å²) in [6.45, 7) is 2.84. The van der Waals surface area contributed by atoms with E-state index in [0.29, 0.717) is 16.6 Å². The first kappa shape index (κ1) is 22.8. The van der Waals surface area contributed by atoms with Crippen LogP contribution in [0.15, 0.2) is 60.9 Å². The number of aromatic nitrogens is 2. The van der Waals surface area contributed by atoms with Crippen molar-refractivity contribution in [2.24, 2.45) is 5.92 Å². The van der Waals surface area contributed by atoms with Gasteiger partial charge in [-0.3, -0.25) is 4.90 Å². The van der Waals surface area contributed by atoms with Gasteiger partial charge in [-0.15, -0.1) is 0 Å². The molecule has 1 aliphatic heterocycles. The van der Waals surface area contributed by atoms with Gasteiger partial charge in [0.2, 0.25) is 0 Å². The largest absolute Gasteiger partial charge is 0.433 e. The number of halogens is 5. The Morgan fingerprint density at radius 3 is 2.47 bits per heavy atom. The lowest BCUT2D eigenvalue weighted by molar-refractivity contribution is -0.141. The summed E-state index contributed by atoms with van der Waals surface area (Å²) in [6, 6.07) is 16.7. The van der Waals surface area contributed by atoms with Crippen molar-refractivity contribution in [2.75, 3.05) is 25.0 Å². The van der Waals surface area contributed by atoms with E-state index < -0.39 is 11.9 Å². The highest BCUT2D eigenvalue weighted by atomic mass is 35.5. The second-order valence-electron chi connectivity index (χ2n) is 7.89. The highest BCUT2D eigenvalue weighted by Crippen LogP contribution is 2.36. The van der Waals surface area contributed by atoms with Gasteiger partial charge in [0.25, 0.3) is 0 Å². The summed E-state index contributed by atoms with van der Waals surface area (Å²) in [5, 5.41) is 4.05. The molecule has 3 aromatic rings. The number of hydrogen-bond acceptors (Lipinski definition) is 4. The summed E-state index contributed by atoms with van der Waals surface area (Å²) in [5.74, 6) is 0.437. The molecule has 1 N–H and O–H groups in total. The molecule has 1 saturated heterocycles. The van der Waals surface area contributed by atoms with Gasteiger partial charge in [-0.1, -0.05) is 59.6 Å². The fraction of sp³-hybridized carbons (Fsp3) is 0.304. The molecule has 2 aromatic carbocycles. The van der Waals surface area contributed by atoms with E-state index in [4.69, 9.17) is 23.2 Å². The highest BCUT2D eigenvalue weighted by molar-refractivity contribution is 6.42. The van der Waals surface area contributed by atoms with Crippen LogP contribution in [0.5, 0.6) is 0 Å². The number of alkyl halides is 3. The molecule has 2 atom stereocenters. The van der Waals surface area contributed by atoms with E-state index in [2.05, 4.69) is 32.3 Å². The molecular formula is C23H21Cl2F3N4. The maximum absolute atomic E-state index is 13.0. The van der Waals surface area contributed by atoms with E-state index in [0.717, 1.165) is 37.6 Å². The van der Waals surface area contributed by atoms with Crippen LogP contribution < -0.4 is 5.32 Å². The first-order chi connectivity index (χ1) is 15.3. The topological polar surface area (TPSA) is 41.0 Å².